The lowest BCUT2D eigenvalue weighted by molar-refractivity contribution is -0.126. The van der Waals surface area contributed by atoms with E-state index in [-0.39, 0.29) is 19.2 Å². The van der Waals surface area contributed by atoms with E-state index < -0.39 is 18.8 Å². The number of nitrogens with zero attached hydrogens (tertiary/aromatic N) is 1. The van der Waals surface area contributed by atoms with E-state index >= 15 is 0 Å². The molecular weight excluding hydrogens is 237 g/mol. The maximum Gasteiger partial charge on any atom is 0.409 e. The van der Waals surface area contributed by atoms with Crippen LogP contribution < -0.4 is 5.32 Å². The number of hydrogen-bond acceptors (Lipinski definition) is 3. The third-order valence-corrected chi connectivity index (χ3v) is 2.54. The van der Waals surface area contributed by atoms with Crippen LogP contribution >= 0.6 is 0 Å². The van der Waals surface area contributed by atoms with Crippen LogP contribution in [-0.2, 0) is 4.74 Å². The Labute approximate surface area is 98.1 Å². The molecular formula is C10H17F3N2O2. The number of likely N-dealkylation sites (tertiary alicyclic amines) is 1. The van der Waals surface area contributed by atoms with Gasteiger partial charge in [0.1, 0.15) is 0 Å². The average molecular weight is 254 g/mol. The van der Waals surface area contributed by atoms with E-state index in [0.29, 0.717) is 19.4 Å². The van der Waals surface area contributed by atoms with Gasteiger partial charge in [-0.3, -0.25) is 0 Å². The minimum absolute atomic E-state index is 0.273. The lowest BCUT2D eigenvalue weighted by atomic mass is 10.1. The van der Waals surface area contributed by atoms with Crippen molar-refractivity contribution >= 4 is 6.09 Å². The van der Waals surface area contributed by atoms with E-state index in [0.717, 1.165) is 0 Å². The van der Waals surface area contributed by atoms with Crippen LogP contribution in [0.5, 0.6) is 0 Å². The summed E-state index contributed by atoms with van der Waals surface area (Å²) in [5, 5.41) is 2.41. The molecule has 1 amide bonds. The third kappa shape index (κ3) is 5.25. The second-order valence-corrected chi connectivity index (χ2v) is 3.98. The van der Waals surface area contributed by atoms with Crippen LogP contribution in [0.4, 0.5) is 18.0 Å². The normalized spacial score (nSPS) is 21.4. The molecule has 0 aromatic rings. The van der Waals surface area contributed by atoms with Gasteiger partial charge in [-0.15, -0.1) is 0 Å². The summed E-state index contributed by atoms with van der Waals surface area (Å²) in [4.78, 5) is 12.8. The molecule has 0 spiro atoms. The molecule has 1 rings (SSSR count). The van der Waals surface area contributed by atoms with Crippen molar-refractivity contribution in [2.24, 2.45) is 0 Å². The number of carbonyl (C=O) groups excluding carboxylic acids is 1. The van der Waals surface area contributed by atoms with Gasteiger partial charge in [0.05, 0.1) is 13.2 Å². The van der Waals surface area contributed by atoms with Crippen LogP contribution in [0.25, 0.3) is 0 Å². The number of alkyl halides is 3. The molecule has 7 heteroatoms. The quantitative estimate of drug-likeness (QED) is 0.834. The van der Waals surface area contributed by atoms with Crippen molar-refractivity contribution in [1.29, 1.82) is 0 Å². The number of rotatable bonds is 3. The van der Waals surface area contributed by atoms with E-state index in [1.807, 2.05) is 0 Å². The lowest BCUT2D eigenvalue weighted by Crippen LogP contribution is -2.50. The fraction of sp³-hybridized carbons (Fsp3) is 0.900. The van der Waals surface area contributed by atoms with Gasteiger partial charge in [0.2, 0.25) is 0 Å². The smallest absolute Gasteiger partial charge is 0.409 e. The third-order valence-electron chi connectivity index (χ3n) is 2.54. The molecule has 17 heavy (non-hydrogen) atoms. The van der Waals surface area contributed by atoms with Crippen molar-refractivity contribution in [3.8, 4) is 0 Å². The van der Waals surface area contributed by atoms with Crippen LogP contribution in [0.1, 0.15) is 19.8 Å². The zero-order valence-electron chi connectivity index (χ0n) is 9.72. The fourth-order valence-corrected chi connectivity index (χ4v) is 1.78. The highest BCUT2D eigenvalue weighted by molar-refractivity contribution is 5.67. The molecule has 1 aliphatic rings. The molecule has 0 bridgehead atoms. The van der Waals surface area contributed by atoms with Gasteiger partial charge in [-0.1, -0.05) is 0 Å². The van der Waals surface area contributed by atoms with Gasteiger partial charge in [0, 0.05) is 19.1 Å². The Hall–Kier alpha value is -0.980. The molecule has 1 aliphatic heterocycles. The minimum atomic E-state index is -4.22. The Balaban J connectivity index is 2.36. The Morgan fingerprint density at radius 3 is 2.82 bits per heavy atom. The summed E-state index contributed by atoms with van der Waals surface area (Å²) >= 11 is 0. The van der Waals surface area contributed by atoms with Crippen molar-refractivity contribution in [2.45, 2.75) is 32.0 Å². The number of amides is 1. The first-order valence-corrected chi connectivity index (χ1v) is 5.64. The van der Waals surface area contributed by atoms with Gasteiger partial charge in [-0.05, 0) is 19.8 Å². The molecule has 100 valence electrons. The van der Waals surface area contributed by atoms with Crippen LogP contribution in [0.3, 0.4) is 0 Å². The van der Waals surface area contributed by atoms with Crippen LogP contribution in [0.15, 0.2) is 0 Å². The number of hydrogen-bond donors (Lipinski definition) is 1. The number of carbonyl (C=O) groups is 1. The Kier molecular flexibility index (Phi) is 5.04. The second-order valence-electron chi connectivity index (χ2n) is 3.98. The summed E-state index contributed by atoms with van der Waals surface area (Å²) in [6.45, 7) is 1.77. The van der Waals surface area contributed by atoms with Gasteiger partial charge in [-0.2, -0.15) is 13.2 Å². The second kappa shape index (κ2) is 6.09. The van der Waals surface area contributed by atoms with Gasteiger partial charge in [0.15, 0.2) is 0 Å². The molecule has 1 saturated heterocycles. The van der Waals surface area contributed by atoms with Crippen molar-refractivity contribution in [2.75, 3.05) is 26.2 Å². The maximum atomic E-state index is 12.0. The molecule has 1 heterocycles. The Bertz CT molecular complexity index is 258. The summed E-state index contributed by atoms with van der Waals surface area (Å²) in [6.07, 6.45) is -3.34. The number of halogens is 3. The summed E-state index contributed by atoms with van der Waals surface area (Å²) < 4.78 is 40.9. The highest BCUT2D eigenvalue weighted by Gasteiger charge is 2.30. The first-order chi connectivity index (χ1) is 7.92. The predicted octanol–water partition coefficient (Wildman–Crippen LogP) is 1.76. The standard InChI is InChI=1S/C10H17F3N2O2/c1-2-17-9(16)15-5-3-4-8(6-15)14-7-10(11,12)13/h8,14H,2-7H2,1H3. The SMILES string of the molecule is CCOC(=O)N1CCCC(NCC(F)(F)F)C1. The molecule has 0 radical (unpaired) electrons. The number of nitrogens with one attached hydrogen (secondary N) is 1. The summed E-state index contributed by atoms with van der Waals surface area (Å²) in [6, 6.07) is -0.310. The first-order valence-electron chi connectivity index (χ1n) is 5.64. The maximum absolute atomic E-state index is 12.0. The molecule has 1 atom stereocenters. The van der Waals surface area contributed by atoms with E-state index in [2.05, 4.69) is 5.32 Å². The van der Waals surface area contributed by atoms with E-state index in [4.69, 9.17) is 4.74 Å². The Morgan fingerprint density at radius 2 is 2.24 bits per heavy atom. The predicted molar refractivity (Wildman–Crippen MR) is 55.7 cm³/mol. The minimum Gasteiger partial charge on any atom is -0.450 e. The van der Waals surface area contributed by atoms with E-state index in [9.17, 15) is 18.0 Å². The molecule has 0 saturated carbocycles. The van der Waals surface area contributed by atoms with Gasteiger partial charge >= 0.3 is 12.3 Å². The zero-order valence-corrected chi connectivity index (χ0v) is 9.72. The molecule has 1 fully saturated rings. The number of ether oxygens (including phenoxy) is 1. The van der Waals surface area contributed by atoms with Crippen molar-refractivity contribution in [1.82, 2.24) is 10.2 Å². The van der Waals surface area contributed by atoms with Crippen molar-refractivity contribution < 1.29 is 22.7 Å². The molecule has 1 unspecified atom stereocenters. The van der Waals surface area contributed by atoms with Crippen molar-refractivity contribution in [3.63, 3.8) is 0 Å². The highest BCUT2D eigenvalue weighted by Crippen LogP contribution is 2.15. The van der Waals surface area contributed by atoms with Gasteiger partial charge < -0.3 is 15.0 Å². The largest absolute Gasteiger partial charge is 0.450 e. The van der Waals surface area contributed by atoms with E-state index in [1.165, 1.54) is 4.90 Å². The monoisotopic (exact) mass is 254 g/mol. The van der Waals surface area contributed by atoms with Gasteiger partial charge in [0.25, 0.3) is 0 Å². The Morgan fingerprint density at radius 1 is 1.53 bits per heavy atom. The molecule has 0 aromatic heterocycles. The van der Waals surface area contributed by atoms with Crippen molar-refractivity contribution in [3.05, 3.63) is 0 Å². The zero-order chi connectivity index (χ0) is 12.9. The lowest BCUT2D eigenvalue weighted by Gasteiger charge is -2.32. The summed E-state index contributed by atoms with van der Waals surface area (Å²) in [5.41, 5.74) is 0. The molecule has 0 aliphatic carbocycles. The number of piperidine rings is 1. The molecule has 1 N–H and O–H groups in total. The van der Waals surface area contributed by atoms with Gasteiger partial charge in [-0.25, -0.2) is 4.79 Å². The highest BCUT2D eigenvalue weighted by atomic mass is 19.4. The first kappa shape index (κ1) is 14.1. The molecule has 0 aromatic carbocycles. The average Bonchev–Trinajstić information content (AvgIpc) is 2.26. The molecule has 4 nitrogen and oxygen atoms in total. The fourth-order valence-electron chi connectivity index (χ4n) is 1.78. The van der Waals surface area contributed by atoms with Crippen LogP contribution in [0.2, 0.25) is 0 Å². The van der Waals surface area contributed by atoms with E-state index in [1.54, 1.807) is 6.92 Å². The van der Waals surface area contributed by atoms with Crippen LogP contribution in [0, 0.1) is 0 Å². The summed E-state index contributed by atoms with van der Waals surface area (Å²) in [7, 11) is 0. The topological polar surface area (TPSA) is 41.6 Å². The van der Waals surface area contributed by atoms with Crippen LogP contribution in [-0.4, -0.2) is 49.5 Å². The summed E-state index contributed by atoms with van der Waals surface area (Å²) in [5.74, 6) is 0.